The molecule has 2 aliphatic carbocycles. The number of aromatic nitrogens is 2. The van der Waals surface area contributed by atoms with Gasteiger partial charge in [0.1, 0.15) is 5.76 Å². The van der Waals surface area contributed by atoms with Crippen molar-refractivity contribution in [3.8, 4) is 0 Å². The molecule has 0 aromatic carbocycles. The third-order valence-electron chi connectivity index (χ3n) is 3.36. The van der Waals surface area contributed by atoms with Crippen LogP contribution in [0.2, 0.25) is 0 Å². The van der Waals surface area contributed by atoms with E-state index in [0.29, 0.717) is 0 Å². The van der Waals surface area contributed by atoms with Gasteiger partial charge in [-0.05, 0) is 23.8 Å². The molecule has 0 saturated heterocycles. The summed E-state index contributed by atoms with van der Waals surface area (Å²) in [5.41, 5.74) is 4.79. The fraction of sp³-hybridized carbons (Fsp3) is 0.0714. The number of allylic oxidation sites excluding steroid dienone is 7. The summed E-state index contributed by atoms with van der Waals surface area (Å²) in [5.74, 6) is 1.18. The Bertz CT molecular complexity index is 641. The van der Waals surface area contributed by atoms with Gasteiger partial charge in [0.25, 0.3) is 0 Å². The van der Waals surface area contributed by atoms with E-state index in [1.54, 1.807) is 6.26 Å². The van der Waals surface area contributed by atoms with Gasteiger partial charge in [0.15, 0.2) is 0 Å². The molecule has 0 amide bonds. The minimum Gasteiger partial charge on any atom is -0.465 e. The van der Waals surface area contributed by atoms with Crippen LogP contribution in [-0.2, 0) is 4.74 Å². The van der Waals surface area contributed by atoms with Gasteiger partial charge in [0.05, 0.1) is 18.2 Å². The van der Waals surface area contributed by atoms with Crippen molar-refractivity contribution < 1.29 is 4.74 Å². The summed E-state index contributed by atoms with van der Waals surface area (Å²) in [5, 5.41) is 7.14. The normalized spacial score (nSPS) is 23.8. The van der Waals surface area contributed by atoms with Crippen LogP contribution in [0.1, 0.15) is 17.2 Å². The molecular weight excluding hydrogens is 212 g/mol. The second-order valence-corrected chi connectivity index (χ2v) is 4.27. The van der Waals surface area contributed by atoms with Crippen LogP contribution in [0.25, 0.3) is 6.08 Å². The standard InChI is InChI=1S/C14H10N2O/c1-2-10-13(17-7-1)6-4-9-3-5-12-11(14(9)10)8-15-16-12/h1-8,14H,(H,15,16). The predicted octanol–water partition coefficient (Wildman–Crippen LogP) is 2.81. The molecule has 0 saturated carbocycles. The Hall–Kier alpha value is -2.29. The molecule has 3 aliphatic rings. The van der Waals surface area contributed by atoms with Crippen molar-refractivity contribution in [2.75, 3.05) is 0 Å². The Labute approximate surface area is 98.5 Å². The quantitative estimate of drug-likeness (QED) is 0.733. The highest BCUT2D eigenvalue weighted by molar-refractivity contribution is 5.67. The highest BCUT2D eigenvalue weighted by atomic mass is 16.5. The molecule has 0 spiro atoms. The highest BCUT2D eigenvalue weighted by Gasteiger charge is 2.31. The van der Waals surface area contributed by atoms with Gasteiger partial charge >= 0.3 is 0 Å². The summed E-state index contributed by atoms with van der Waals surface area (Å²) < 4.78 is 5.54. The Morgan fingerprint density at radius 2 is 2.18 bits per heavy atom. The average Bonchev–Trinajstić information content (AvgIpc) is 2.86. The SMILES string of the molecule is C1=COC2=CC=C3C=Cc4[nH]ncc4C3C2=C1. The number of fused-ring (bicyclic) bond motifs is 5. The van der Waals surface area contributed by atoms with E-state index in [1.165, 1.54) is 16.7 Å². The van der Waals surface area contributed by atoms with Crippen LogP contribution >= 0.6 is 0 Å². The molecule has 1 N–H and O–H groups in total. The van der Waals surface area contributed by atoms with Crippen LogP contribution in [0, 0.1) is 0 Å². The van der Waals surface area contributed by atoms with Crippen LogP contribution in [0.5, 0.6) is 0 Å². The Balaban J connectivity index is 1.96. The minimum atomic E-state index is 0.249. The molecule has 0 bridgehead atoms. The van der Waals surface area contributed by atoms with E-state index in [2.05, 4.69) is 34.5 Å². The Morgan fingerprint density at radius 1 is 1.18 bits per heavy atom. The maximum atomic E-state index is 5.54. The van der Waals surface area contributed by atoms with Crippen LogP contribution in [-0.4, -0.2) is 10.2 Å². The van der Waals surface area contributed by atoms with Crippen LogP contribution < -0.4 is 0 Å². The van der Waals surface area contributed by atoms with Gasteiger partial charge in [-0.3, -0.25) is 5.10 Å². The van der Waals surface area contributed by atoms with E-state index in [9.17, 15) is 0 Å². The lowest BCUT2D eigenvalue weighted by Gasteiger charge is -2.29. The topological polar surface area (TPSA) is 37.9 Å². The first kappa shape index (κ1) is 8.82. The summed E-state index contributed by atoms with van der Waals surface area (Å²) in [4.78, 5) is 0. The molecular formula is C14H10N2O. The van der Waals surface area contributed by atoms with Crippen molar-refractivity contribution in [1.82, 2.24) is 10.2 Å². The molecule has 1 atom stereocenters. The van der Waals surface area contributed by atoms with Gasteiger partial charge in [0.2, 0.25) is 0 Å². The third kappa shape index (κ3) is 1.13. The molecule has 0 fully saturated rings. The van der Waals surface area contributed by atoms with Gasteiger partial charge in [-0.15, -0.1) is 0 Å². The van der Waals surface area contributed by atoms with Crippen LogP contribution in [0.4, 0.5) is 0 Å². The number of rotatable bonds is 0. The number of nitrogens with one attached hydrogen (secondary N) is 1. The first-order chi connectivity index (χ1) is 8.43. The maximum Gasteiger partial charge on any atom is 0.130 e. The van der Waals surface area contributed by atoms with Crippen molar-refractivity contribution in [2.24, 2.45) is 0 Å². The molecule has 1 unspecified atom stereocenters. The molecule has 1 aromatic rings. The highest BCUT2D eigenvalue weighted by Crippen LogP contribution is 2.44. The lowest BCUT2D eigenvalue weighted by atomic mass is 9.77. The largest absolute Gasteiger partial charge is 0.465 e. The second-order valence-electron chi connectivity index (χ2n) is 4.27. The lowest BCUT2D eigenvalue weighted by Crippen LogP contribution is -2.15. The maximum absolute atomic E-state index is 5.54. The fourth-order valence-corrected chi connectivity index (χ4v) is 2.57. The molecule has 0 radical (unpaired) electrons. The number of nitrogens with zero attached hydrogens (tertiary/aromatic N) is 1. The zero-order valence-electron chi connectivity index (χ0n) is 9.05. The molecule has 17 heavy (non-hydrogen) atoms. The first-order valence-electron chi connectivity index (χ1n) is 5.60. The summed E-state index contributed by atoms with van der Waals surface area (Å²) in [6.07, 6.45) is 16.0. The van der Waals surface area contributed by atoms with Gasteiger partial charge in [-0.1, -0.05) is 18.2 Å². The number of hydrogen-bond donors (Lipinski definition) is 1. The summed E-state index contributed by atoms with van der Waals surface area (Å²) >= 11 is 0. The van der Waals surface area contributed by atoms with E-state index in [0.717, 1.165) is 11.5 Å². The van der Waals surface area contributed by atoms with E-state index < -0.39 is 0 Å². The van der Waals surface area contributed by atoms with Gasteiger partial charge < -0.3 is 4.74 Å². The fourth-order valence-electron chi connectivity index (χ4n) is 2.57. The predicted molar refractivity (Wildman–Crippen MR) is 64.8 cm³/mol. The van der Waals surface area contributed by atoms with Crippen molar-refractivity contribution in [3.05, 3.63) is 71.0 Å². The van der Waals surface area contributed by atoms with Gasteiger partial charge in [0, 0.05) is 17.1 Å². The minimum absolute atomic E-state index is 0.249. The Morgan fingerprint density at radius 3 is 3.18 bits per heavy atom. The molecule has 82 valence electrons. The molecule has 3 nitrogen and oxygen atoms in total. The summed E-state index contributed by atoms with van der Waals surface area (Å²) in [6, 6.07) is 0. The zero-order valence-corrected chi connectivity index (χ0v) is 9.05. The van der Waals surface area contributed by atoms with Crippen molar-refractivity contribution >= 4 is 6.08 Å². The van der Waals surface area contributed by atoms with Crippen molar-refractivity contribution in [2.45, 2.75) is 5.92 Å². The Kier molecular flexibility index (Phi) is 1.61. The summed E-state index contributed by atoms with van der Waals surface area (Å²) in [7, 11) is 0. The second kappa shape index (κ2) is 3.10. The van der Waals surface area contributed by atoms with Crippen molar-refractivity contribution in [3.63, 3.8) is 0 Å². The first-order valence-corrected chi connectivity index (χ1v) is 5.60. The molecule has 2 heterocycles. The third-order valence-corrected chi connectivity index (χ3v) is 3.36. The number of hydrogen-bond acceptors (Lipinski definition) is 2. The molecule has 1 aromatic heterocycles. The average molecular weight is 222 g/mol. The molecule has 3 heteroatoms. The smallest absolute Gasteiger partial charge is 0.130 e. The summed E-state index contributed by atoms with van der Waals surface area (Å²) in [6.45, 7) is 0. The van der Waals surface area contributed by atoms with Crippen LogP contribution in [0.3, 0.4) is 0 Å². The van der Waals surface area contributed by atoms with E-state index in [4.69, 9.17) is 4.74 Å². The van der Waals surface area contributed by atoms with Crippen LogP contribution in [0.15, 0.2) is 59.7 Å². The molecule has 4 rings (SSSR count). The number of aromatic amines is 1. The van der Waals surface area contributed by atoms with E-state index >= 15 is 0 Å². The zero-order chi connectivity index (χ0) is 11.2. The van der Waals surface area contributed by atoms with Crippen molar-refractivity contribution in [1.29, 1.82) is 0 Å². The monoisotopic (exact) mass is 222 g/mol. The lowest BCUT2D eigenvalue weighted by molar-refractivity contribution is 0.351. The van der Waals surface area contributed by atoms with E-state index in [1.807, 2.05) is 18.3 Å². The number of H-pyrrole nitrogens is 1. The van der Waals surface area contributed by atoms with E-state index in [-0.39, 0.29) is 5.92 Å². The van der Waals surface area contributed by atoms with Gasteiger partial charge in [-0.2, -0.15) is 5.10 Å². The molecule has 1 aliphatic heterocycles. The number of ether oxygens (including phenoxy) is 1. The van der Waals surface area contributed by atoms with Gasteiger partial charge in [-0.25, -0.2) is 0 Å².